The number of benzene rings is 8. The second-order valence-electron chi connectivity index (χ2n) is 13.3. The first-order valence-corrected chi connectivity index (χ1v) is 20.7. The molecule has 0 amide bonds. The van der Waals surface area contributed by atoms with E-state index in [9.17, 15) is 0 Å². The van der Waals surface area contributed by atoms with Crippen molar-refractivity contribution in [3.05, 3.63) is 206 Å². The van der Waals surface area contributed by atoms with E-state index in [4.69, 9.17) is 4.98 Å². The summed E-state index contributed by atoms with van der Waals surface area (Å²) in [6.07, 6.45) is 0. The molecule has 2 aromatic heterocycles. The fourth-order valence-corrected chi connectivity index (χ4v) is 12.3. The fourth-order valence-electron chi connectivity index (χ4n) is 7.68. The maximum Gasteiger partial charge on any atom is 0.146 e. The molecule has 8 aromatic carbocycles. The van der Waals surface area contributed by atoms with Crippen LogP contribution in [0.2, 0.25) is 0 Å². The topological polar surface area (TPSA) is 17.3 Å². The maximum atomic E-state index is 5.44. The fraction of sp³-hybridized carbons (Fsp3) is 0. The van der Waals surface area contributed by atoms with E-state index < -0.39 is 15.8 Å². The van der Waals surface area contributed by atoms with E-state index in [1.165, 1.54) is 64.6 Å². The Morgan fingerprint density at radius 3 is 1.29 bits per heavy atom. The Kier molecular flexibility index (Phi) is 10.8. The molecule has 2 heterocycles. The van der Waals surface area contributed by atoms with Gasteiger partial charge in [0, 0.05) is 10.8 Å². The molecule has 0 atom stereocenters. The van der Waals surface area contributed by atoms with E-state index >= 15 is 0 Å². The van der Waals surface area contributed by atoms with Crippen LogP contribution in [0.1, 0.15) is 0 Å². The SMILES string of the molecule is [SeH2].[SeH2].c1ccc(-c2ccc3nc4c5cc(P(c6ccccc6)c6ccccc6)ccc5c5ccc(P(c6ccccc6)c6ccccc6)cc5n4c3c2)cc1. The Morgan fingerprint density at radius 2 is 0.782 bits per heavy atom. The van der Waals surface area contributed by atoms with Crippen molar-refractivity contribution in [3.63, 3.8) is 0 Å². The molecular weight excluding hydrogens is 836 g/mol. The van der Waals surface area contributed by atoms with Crippen LogP contribution in [0.5, 0.6) is 0 Å². The van der Waals surface area contributed by atoms with Crippen LogP contribution < -0.4 is 31.8 Å². The predicted octanol–water partition coefficient (Wildman–Crippen LogP) is 8.14. The minimum Gasteiger partial charge on any atom is -0.292 e. The minimum absolute atomic E-state index is 0. The zero-order valence-electron chi connectivity index (χ0n) is 29.9. The van der Waals surface area contributed by atoms with Crippen molar-refractivity contribution in [1.82, 2.24) is 9.38 Å². The Bertz CT molecular complexity index is 2810. The van der Waals surface area contributed by atoms with Gasteiger partial charge >= 0.3 is 34.1 Å². The molecule has 0 radical (unpaired) electrons. The third kappa shape index (κ3) is 6.86. The molecule has 266 valence electrons. The zero-order chi connectivity index (χ0) is 35.1. The van der Waals surface area contributed by atoms with E-state index in [0.29, 0.717) is 0 Å². The van der Waals surface area contributed by atoms with Crippen LogP contribution in [0.3, 0.4) is 0 Å². The molecule has 0 aliphatic rings. The van der Waals surface area contributed by atoms with E-state index in [1.807, 2.05) is 0 Å². The van der Waals surface area contributed by atoms with Crippen molar-refractivity contribution in [2.45, 2.75) is 0 Å². The van der Waals surface area contributed by atoms with Gasteiger partial charge in [0.2, 0.25) is 0 Å². The molecule has 0 spiro atoms. The minimum atomic E-state index is -0.785. The molecule has 10 aromatic rings. The monoisotopic (exact) mass is 876 g/mol. The van der Waals surface area contributed by atoms with Gasteiger partial charge in [-0.2, -0.15) is 0 Å². The molecule has 10 rings (SSSR count). The molecule has 0 N–H and O–H groups in total. The van der Waals surface area contributed by atoms with Crippen molar-refractivity contribution in [2.24, 2.45) is 0 Å². The van der Waals surface area contributed by atoms with Gasteiger partial charge in [0.15, 0.2) is 0 Å². The summed E-state index contributed by atoms with van der Waals surface area (Å²) in [7, 11) is -1.56. The normalized spacial score (nSPS) is 11.3. The van der Waals surface area contributed by atoms with E-state index in [1.54, 1.807) is 0 Å². The predicted molar refractivity (Wildman–Crippen MR) is 248 cm³/mol. The van der Waals surface area contributed by atoms with Gasteiger partial charge in [0.25, 0.3) is 0 Å². The number of imidazole rings is 1. The maximum absolute atomic E-state index is 5.44. The molecule has 55 heavy (non-hydrogen) atoms. The average Bonchev–Trinajstić information content (AvgIpc) is 3.63. The van der Waals surface area contributed by atoms with Gasteiger partial charge in [-0.05, 0) is 88.4 Å². The van der Waals surface area contributed by atoms with Crippen LogP contribution in [-0.4, -0.2) is 43.5 Å². The molecule has 0 saturated carbocycles. The smallest absolute Gasteiger partial charge is 0.146 e. The Balaban J connectivity index is 0.00000214. The van der Waals surface area contributed by atoms with Gasteiger partial charge in [-0.15, -0.1) is 0 Å². The van der Waals surface area contributed by atoms with Crippen LogP contribution in [0.25, 0.3) is 49.5 Å². The molecule has 0 aliphatic carbocycles. The summed E-state index contributed by atoms with van der Waals surface area (Å²) in [4.78, 5) is 5.44. The molecule has 0 fully saturated rings. The third-order valence-electron chi connectivity index (χ3n) is 10.1. The number of aromatic nitrogens is 2. The molecule has 2 nitrogen and oxygen atoms in total. The summed E-state index contributed by atoms with van der Waals surface area (Å²) in [6, 6.07) is 75.5. The number of nitrogens with zero attached hydrogens (tertiary/aromatic N) is 2. The van der Waals surface area contributed by atoms with Crippen molar-refractivity contribution < 1.29 is 0 Å². The standard InChI is InChI=1S/C49H34N2P2.2H2Se/c1-6-16-35(17-7-1)36-26-31-46-48(32-36)51-47-34-42(53(39-22-12-4-13-23-39)40-24-14-5-15-25-40)28-30-44(47)43-29-27-41(33-45(43)49(51)50-46)52(37-18-8-2-9-19-37)38-20-10-3-11-21-38;;/h1-34H;2*1H2. The molecule has 0 bridgehead atoms. The zero-order valence-corrected chi connectivity index (χ0v) is 35.9. The van der Waals surface area contributed by atoms with Crippen molar-refractivity contribution in [1.29, 1.82) is 0 Å². The quantitative estimate of drug-likeness (QED) is 0.0899. The number of rotatable bonds is 7. The summed E-state index contributed by atoms with van der Waals surface area (Å²) in [6.45, 7) is 0. The first kappa shape index (κ1) is 37.1. The Morgan fingerprint density at radius 1 is 0.327 bits per heavy atom. The Labute approximate surface area is 344 Å². The van der Waals surface area contributed by atoms with Crippen LogP contribution in [-0.2, 0) is 0 Å². The van der Waals surface area contributed by atoms with Crippen LogP contribution in [0.4, 0.5) is 0 Å². The first-order chi connectivity index (χ1) is 26.3. The van der Waals surface area contributed by atoms with Gasteiger partial charge < -0.3 is 0 Å². The van der Waals surface area contributed by atoms with E-state index in [-0.39, 0.29) is 34.1 Å². The summed E-state index contributed by atoms with van der Waals surface area (Å²) >= 11 is 0. The van der Waals surface area contributed by atoms with Gasteiger partial charge in [0.1, 0.15) is 5.65 Å². The second kappa shape index (κ2) is 16.1. The van der Waals surface area contributed by atoms with Crippen molar-refractivity contribution >= 4 is 120 Å². The largest absolute Gasteiger partial charge is 0.292 e. The first-order valence-electron chi connectivity index (χ1n) is 18.0. The number of fused-ring (bicyclic) bond motifs is 8. The van der Waals surface area contributed by atoms with E-state index in [0.717, 1.165) is 16.7 Å². The number of pyridine rings is 1. The summed E-state index contributed by atoms with van der Waals surface area (Å²) in [5.41, 5.74) is 6.67. The average molecular weight is 875 g/mol. The summed E-state index contributed by atoms with van der Waals surface area (Å²) in [5.74, 6) is 0. The van der Waals surface area contributed by atoms with Gasteiger partial charge in [0.05, 0.1) is 16.6 Å². The number of hydrogen-bond acceptors (Lipinski definition) is 1. The van der Waals surface area contributed by atoms with Crippen LogP contribution in [0, 0.1) is 0 Å². The van der Waals surface area contributed by atoms with Crippen LogP contribution >= 0.6 is 15.8 Å². The summed E-state index contributed by atoms with van der Waals surface area (Å²) < 4.78 is 2.43. The van der Waals surface area contributed by atoms with Gasteiger partial charge in [-0.25, -0.2) is 4.98 Å². The van der Waals surface area contributed by atoms with Crippen molar-refractivity contribution in [3.8, 4) is 11.1 Å². The van der Waals surface area contributed by atoms with E-state index in [2.05, 4.69) is 211 Å². The molecule has 0 unspecified atom stereocenters. The molecule has 0 aliphatic heterocycles. The Hall–Kier alpha value is -4.87. The third-order valence-corrected chi connectivity index (χ3v) is 14.9. The molecule has 6 heteroatoms. The molecule has 0 saturated heterocycles. The van der Waals surface area contributed by atoms with Gasteiger partial charge in [-0.1, -0.05) is 182 Å². The molecular formula is C49H38N2P2Se2. The number of hydrogen-bond donors (Lipinski definition) is 0. The second-order valence-corrected chi connectivity index (χ2v) is 17.7. The van der Waals surface area contributed by atoms with Gasteiger partial charge in [-0.3, -0.25) is 4.40 Å². The summed E-state index contributed by atoms with van der Waals surface area (Å²) in [5, 5.41) is 11.6. The van der Waals surface area contributed by atoms with Crippen LogP contribution in [0.15, 0.2) is 206 Å². The van der Waals surface area contributed by atoms with Crippen molar-refractivity contribution in [2.75, 3.05) is 0 Å².